The van der Waals surface area contributed by atoms with Gasteiger partial charge in [-0.2, -0.15) is 0 Å². The van der Waals surface area contributed by atoms with Crippen LogP contribution in [0, 0.1) is 0 Å². The van der Waals surface area contributed by atoms with Crippen molar-refractivity contribution in [2.45, 2.75) is 18.9 Å². The number of nitrogens with zero attached hydrogens (tertiary/aromatic N) is 1. The number of ether oxygens (including phenoxy) is 2. The minimum atomic E-state index is -1.28. The largest absolute Gasteiger partial charge is 0.490 e. The Labute approximate surface area is 173 Å². The van der Waals surface area contributed by atoms with Crippen molar-refractivity contribution in [1.82, 2.24) is 10.2 Å². The number of urea groups is 1. The van der Waals surface area contributed by atoms with Crippen LogP contribution < -0.4 is 14.8 Å². The van der Waals surface area contributed by atoms with Crippen LogP contribution in [-0.4, -0.2) is 42.4 Å². The summed E-state index contributed by atoms with van der Waals surface area (Å²) >= 11 is 4.57. The molecule has 0 aliphatic carbocycles. The quantitative estimate of drug-likeness (QED) is 0.553. The van der Waals surface area contributed by atoms with Crippen molar-refractivity contribution in [1.29, 1.82) is 0 Å². The Morgan fingerprint density at radius 1 is 1.21 bits per heavy atom. The molecule has 1 aromatic carbocycles. The Balaban J connectivity index is 1.59. The summed E-state index contributed by atoms with van der Waals surface area (Å²) in [7, 11) is 0. The smallest absolute Gasteiger partial charge is 0.325 e. The summed E-state index contributed by atoms with van der Waals surface area (Å²) in [6.45, 7) is 2.40. The Morgan fingerprint density at radius 2 is 1.96 bits per heavy atom. The van der Waals surface area contributed by atoms with Gasteiger partial charge in [-0.1, -0.05) is 6.07 Å². The number of benzene rings is 1. The Hall–Kier alpha value is -2.39. The highest BCUT2D eigenvalue weighted by Crippen LogP contribution is 2.36. The van der Waals surface area contributed by atoms with Crippen molar-refractivity contribution in [2.75, 3.05) is 19.8 Å². The minimum absolute atomic E-state index is 0.290. The van der Waals surface area contributed by atoms with Gasteiger partial charge in [0.05, 0.1) is 28.4 Å². The van der Waals surface area contributed by atoms with Crippen molar-refractivity contribution in [2.24, 2.45) is 0 Å². The molecular weight excluding hydrogens is 448 g/mol. The van der Waals surface area contributed by atoms with Gasteiger partial charge in [-0.05, 0) is 52.7 Å². The molecule has 3 amide bonds. The van der Waals surface area contributed by atoms with Crippen LogP contribution in [0.25, 0.3) is 0 Å². The van der Waals surface area contributed by atoms with Crippen molar-refractivity contribution in [3.8, 4) is 11.5 Å². The van der Waals surface area contributed by atoms with E-state index in [1.54, 1.807) is 37.3 Å². The van der Waals surface area contributed by atoms with E-state index in [1.807, 2.05) is 0 Å². The van der Waals surface area contributed by atoms with Crippen molar-refractivity contribution in [3.63, 3.8) is 0 Å². The molecule has 7 nitrogen and oxygen atoms in total. The first-order chi connectivity index (χ1) is 13.4. The lowest BCUT2D eigenvalue weighted by Gasteiger charge is -2.23. The third kappa shape index (κ3) is 3.29. The van der Waals surface area contributed by atoms with Crippen LogP contribution in [0.1, 0.15) is 28.6 Å². The van der Waals surface area contributed by atoms with Crippen LogP contribution in [0.4, 0.5) is 4.79 Å². The Morgan fingerprint density at radius 3 is 2.68 bits per heavy atom. The molecule has 0 bridgehead atoms. The molecule has 3 heterocycles. The molecule has 4 rings (SSSR count). The highest BCUT2D eigenvalue weighted by Gasteiger charge is 2.49. The van der Waals surface area contributed by atoms with Gasteiger partial charge in [0.2, 0.25) is 0 Å². The summed E-state index contributed by atoms with van der Waals surface area (Å²) in [5, 5.41) is 2.71. The second-order valence-corrected chi connectivity index (χ2v) is 9.15. The van der Waals surface area contributed by atoms with E-state index < -0.39 is 17.5 Å². The molecule has 1 saturated heterocycles. The monoisotopic (exact) mass is 464 g/mol. The number of halogens is 1. The van der Waals surface area contributed by atoms with Gasteiger partial charge < -0.3 is 14.8 Å². The number of rotatable bonds is 4. The fourth-order valence-corrected chi connectivity index (χ4v) is 4.51. The maximum atomic E-state index is 13.1. The SMILES string of the molecule is C[C@]1(c2ccc3c(c2)OCCCO3)NC(=O)N(CC(=O)c2ccc(Br)s2)C1=O. The molecule has 0 unspecified atom stereocenters. The molecule has 0 saturated carbocycles. The molecule has 28 heavy (non-hydrogen) atoms. The van der Waals surface area contributed by atoms with Crippen LogP contribution in [-0.2, 0) is 10.3 Å². The predicted octanol–water partition coefficient (Wildman–Crippen LogP) is 3.32. The van der Waals surface area contributed by atoms with Gasteiger partial charge >= 0.3 is 6.03 Å². The lowest BCUT2D eigenvalue weighted by atomic mass is 9.91. The lowest BCUT2D eigenvalue weighted by Crippen LogP contribution is -2.41. The summed E-state index contributed by atoms with van der Waals surface area (Å²) in [5.74, 6) is 0.381. The first-order valence-corrected chi connectivity index (χ1v) is 10.3. The molecular formula is C19H17BrN2O5S. The van der Waals surface area contributed by atoms with Crippen LogP contribution in [0.3, 0.4) is 0 Å². The number of thiophene rings is 1. The van der Waals surface area contributed by atoms with Crippen molar-refractivity contribution < 1.29 is 23.9 Å². The number of Topliss-reactive ketones (excluding diaryl/α,β-unsaturated/α-hetero) is 1. The van der Waals surface area contributed by atoms with E-state index in [0.29, 0.717) is 35.2 Å². The number of hydrogen-bond donors (Lipinski definition) is 1. The van der Waals surface area contributed by atoms with Crippen LogP contribution >= 0.6 is 27.3 Å². The van der Waals surface area contributed by atoms with Crippen LogP contribution in [0.15, 0.2) is 34.1 Å². The standard InChI is InChI=1S/C19H17BrN2O5S/c1-19(11-3-4-13-14(9-11)27-8-2-7-26-13)17(24)22(18(25)21-19)10-12(23)15-5-6-16(20)28-15/h3-6,9H,2,7-8,10H2,1H3,(H,21,25)/t19-/m1/s1. The normalized spacial score (nSPS) is 21.4. The number of nitrogens with one attached hydrogen (secondary N) is 1. The van der Waals surface area contributed by atoms with Gasteiger partial charge in [0.15, 0.2) is 17.3 Å². The third-order valence-electron chi connectivity index (χ3n) is 4.75. The number of amides is 3. The van der Waals surface area contributed by atoms with Gasteiger partial charge in [-0.3, -0.25) is 14.5 Å². The van der Waals surface area contributed by atoms with E-state index in [4.69, 9.17) is 9.47 Å². The van der Waals surface area contributed by atoms with Gasteiger partial charge in [0, 0.05) is 6.42 Å². The van der Waals surface area contributed by atoms with E-state index in [1.165, 1.54) is 11.3 Å². The van der Waals surface area contributed by atoms with E-state index in [-0.39, 0.29) is 12.3 Å². The van der Waals surface area contributed by atoms with Gasteiger partial charge in [0.1, 0.15) is 5.54 Å². The summed E-state index contributed by atoms with van der Waals surface area (Å²) in [5.41, 5.74) is -0.707. The first-order valence-electron chi connectivity index (χ1n) is 8.71. The molecule has 1 aromatic heterocycles. The minimum Gasteiger partial charge on any atom is -0.490 e. The maximum absolute atomic E-state index is 13.1. The topological polar surface area (TPSA) is 84.9 Å². The molecule has 1 N–H and O–H groups in total. The molecule has 2 aliphatic heterocycles. The number of ketones is 1. The zero-order valence-corrected chi connectivity index (χ0v) is 17.4. The van der Waals surface area contributed by atoms with E-state index in [2.05, 4.69) is 21.2 Å². The van der Waals surface area contributed by atoms with Crippen LogP contribution in [0.5, 0.6) is 11.5 Å². The maximum Gasteiger partial charge on any atom is 0.325 e. The summed E-state index contributed by atoms with van der Waals surface area (Å²) < 4.78 is 12.1. The van der Waals surface area contributed by atoms with E-state index >= 15 is 0 Å². The first kappa shape index (κ1) is 18.9. The molecule has 9 heteroatoms. The van der Waals surface area contributed by atoms with Gasteiger partial charge in [-0.15, -0.1) is 11.3 Å². The number of hydrogen-bond acceptors (Lipinski definition) is 6. The molecule has 0 radical (unpaired) electrons. The second kappa shape index (κ2) is 7.21. The molecule has 1 fully saturated rings. The molecule has 2 aromatic rings. The predicted molar refractivity (Wildman–Crippen MR) is 106 cm³/mol. The molecule has 0 spiro atoms. The Kier molecular flexibility index (Phi) is 4.88. The summed E-state index contributed by atoms with van der Waals surface area (Å²) in [4.78, 5) is 39.4. The molecule has 2 aliphatic rings. The highest BCUT2D eigenvalue weighted by atomic mass is 79.9. The van der Waals surface area contributed by atoms with Gasteiger partial charge in [0.25, 0.3) is 5.91 Å². The zero-order valence-electron chi connectivity index (χ0n) is 15.0. The van der Waals surface area contributed by atoms with Crippen molar-refractivity contribution in [3.05, 3.63) is 44.6 Å². The number of fused-ring (bicyclic) bond motifs is 1. The third-order valence-corrected chi connectivity index (χ3v) is 6.41. The van der Waals surface area contributed by atoms with E-state index in [9.17, 15) is 14.4 Å². The number of carbonyl (C=O) groups excluding carboxylic acids is 3. The van der Waals surface area contributed by atoms with E-state index in [0.717, 1.165) is 15.1 Å². The van der Waals surface area contributed by atoms with Crippen molar-refractivity contribution >= 4 is 45.0 Å². The summed E-state index contributed by atoms with van der Waals surface area (Å²) in [6.07, 6.45) is 0.770. The molecule has 146 valence electrons. The fraction of sp³-hybridized carbons (Fsp3) is 0.316. The van der Waals surface area contributed by atoms with Gasteiger partial charge in [-0.25, -0.2) is 4.79 Å². The number of imide groups is 1. The van der Waals surface area contributed by atoms with Crippen LogP contribution in [0.2, 0.25) is 0 Å². The zero-order chi connectivity index (χ0) is 19.9. The molecule has 1 atom stereocenters. The number of carbonyl (C=O) groups is 3. The average Bonchev–Trinajstić information content (AvgIpc) is 3.08. The fourth-order valence-electron chi connectivity index (χ4n) is 3.20. The highest BCUT2D eigenvalue weighted by molar-refractivity contribution is 9.11. The lowest BCUT2D eigenvalue weighted by molar-refractivity contribution is -0.130. The summed E-state index contributed by atoms with van der Waals surface area (Å²) in [6, 6.07) is 8.00. The second-order valence-electron chi connectivity index (χ2n) is 6.69. The average molecular weight is 465 g/mol. The Bertz CT molecular complexity index is 975.